The van der Waals surface area contributed by atoms with Crippen molar-refractivity contribution in [2.45, 2.75) is 69.6 Å². The van der Waals surface area contributed by atoms with E-state index in [2.05, 4.69) is 10.2 Å². The fourth-order valence-electron chi connectivity index (χ4n) is 4.52. The van der Waals surface area contributed by atoms with Gasteiger partial charge in [-0.25, -0.2) is 4.79 Å². The lowest BCUT2D eigenvalue weighted by Crippen LogP contribution is -2.51. The molecule has 2 aliphatic heterocycles. The lowest BCUT2D eigenvalue weighted by molar-refractivity contribution is 0.0560. The molecule has 126 valence electrons. The Hall–Kier alpha value is -0.810. The van der Waals surface area contributed by atoms with Crippen LogP contribution in [0, 0.1) is 5.92 Å². The molecule has 2 saturated heterocycles. The fourth-order valence-corrected chi connectivity index (χ4v) is 4.52. The van der Waals surface area contributed by atoms with Crippen LogP contribution in [0.5, 0.6) is 0 Å². The zero-order chi connectivity index (χ0) is 15.5. The van der Waals surface area contributed by atoms with Crippen molar-refractivity contribution in [1.82, 2.24) is 15.1 Å². The SMILES string of the molecule is CN(CC1CCCCC1O)C(=O)NC1CCN2CCCCC12. The van der Waals surface area contributed by atoms with Gasteiger partial charge in [-0.3, -0.25) is 4.90 Å². The first-order valence-corrected chi connectivity index (χ1v) is 9.09. The number of nitrogens with one attached hydrogen (secondary N) is 1. The van der Waals surface area contributed by atoms with Crippen LogP contribution in [0.1, 0.15) is 51.4 Å². The van der Waals surface area contributed by atoms with Crippen molar-refractivity contribution in [3.8, 4) is 0 Å². The summed E-state index contributed by atoms with van der Waals surface area (Å²) in [4.78, 5) is 16.8. The molecule has 2 heterocycles. The number of carbonyl (C=O) groups excluding carboxylic acids is 1. The van der Waals surface area contributed by atoms with E-state index >= 15 is 0 Å². The van der Waals surface area contributed by atoms with Gasteiger partial charge in [0.05, 0.1) is 6.10 Å². The molecule has 5 heteroatoms. The van der Waals surface area contributed by atoms with Gasteiger partial charge in [0.15, 0.2) is 0 Å². The van der Waals surface area contributed by atoms with Crippen molar-refractivity contribution >= 4 is 6.03 Å². The average Bonchev–Trinajstić information content (AvgIpc) is 2.93. The van der Waals surface area contributed by atoms with Crippen LogP contribution >= 0.6 is 0 Å². The van der Waals surface area contributed by atoms with Crippen LogP contribution in [0.4, 0.5) is 4.79 Å². The number of piperidine rings is 1. The van der Waals surface area contributed by atoms with Crippen LogP contribution in [0.3, 0.4) is 0 Å². The Morgan fingerprint density at radius 3 is 2.73 bits per heavy atom. The van der Waals surface area contributed by atoms with E-state index in [4.69, 9.17) is 0 Å². The molecule has 0 radical (unpaired) electrons. The number of hydrogen-bond donors (Lipinski definition) is 2. The number of hydrogen-bond acceptors (Lipinski definition) is 3. The van der Waals surface area contributed by atoms with Crippen LogP contribution in [-0.4, -0.2) is 65.8 Å². The molecule has 2 amide bonds. The van der Waals surface area contributed by atoms with E-state index in [9.17, 15) is 9.90 Å². The number of carbonyl (C=O) groups is 1. The van der Waals surface area contributed by atoms with Gasteiger partial charge in [-0.15, -0.1) is 0 Å². The molecule has 0 bridgehead atoms. The molecule has 0 spiro atoms. The van der Waals surface area contributed by atoms with E-state index in [0.717, 1.165) is 32.2 Å². The van der Waals surface area contributed by atoms with Crippen LogP contribution < -0.4 is 5.32 Å². The van der Waals surface area contributed by atoms with E-state index in [1.807, 2.05) is 7.05 Å². The summed E-state index contributed by atoms with van der Waals surface area (Å²) in [5.74, 6) is 0.249. The van der Waals surface area contributed by atoms with E-state index < -0.39 is 0 Å². The van der Waals surface area contributed by atoms with Gasteiger partial charge in [-0.2, -0.15) is 0 Å². The summed E-state index contributed by atoms with van der Waals surface area (Å²) in [5, 5.41) is 13.3. The van der Waals surface area contributed by atoms with Crippen LogP contribution in [0.15, 0.2) is 0 Å². The third-order valence-electron chi connectivity index (χ3n) is 5.89. The molecular weight excluding hydrogens is 278 g/mol. The number of fused-ring (bicyclic) bond motifs is 1. The monoisotopic (exact) mass is 309 g/mol. The van der Waals surface area contributed by atoms with Gasteiger partial charge >= 0.3 is 6.03 Å². The second kappa shape index (κ2) is 7.18. The Balaban J connectivity index is 1.48. The minimum absolute atomic E-state index is 0.0372. The highest BCUT2D eigenvalue weighted by Gasteiger charge is 2.36. The first-order valence-electron chi connectivity index (χ1n) is 9.09. The molecule has 0 aromatic rings. The summed E-state index contributed by atoms with van der Waals surface area (Å²) in [7, 11) is 1.87. The summed E-state index contributed by atoms with van der Waals surface area (Å²) in [5.41, 5.74) is 0. The Labute approximate surface area is 134 Å². The first-order chi connectivity index (χ1) is 10.6. The number of nitrogens with zero attached hydrogens (tertiary/aromatic N) is 2. The largest absolute Gasteiger partial charge is 0.393 e. The highest BCUT2D eigenvalue weighted by molar-refractivity contribution is 5.74. The van der Waals surface area contributed by atoms with E-state index in [-0.39, 0.29) is 18.1 Å². The standard InChI is InChI=1S/C17H31N3O2/c1-19(12-13-6-2-3-8-16(13)21)17(22)18-14-9-11-20-10-5-4-7-15(14)20/h13-16,21H,2-12H2,1H3,(H,18,22). The second-order valence-corrected chi connectivity index (χ2v) is 7.44. The first kappa shape index (κ1) is 16.1. The molecule has 2 N–H and O–H groups in total. The van der Waals surface area contributed by atoms with E-state index in [1.54, 1.807) is 4.90 Å². The lowest BCUT2D eigenvalue weighted by atomic mass is 9.86. The zero-order valence-electron chi connectivity index (χ0n) is 13.8. The van der Waals surface area contributed by atoms with Gasteiger partial charge in [0.25, 0.3) is 0 Å². The molecule has 0 aromatic heterocycles. The predicted octanol–water partition coefficient (Wildman–Crippen LogP) is 1.81. The molecule has 5 nitrogen and oxygen atoms in total. The third-order valence-corrected chi connectivity index (χ3v) is 5.89. The summed E-state index contributed by atoms with van der Waals surface area (Å²) in [6, 6.07) is 0.896. The predicted molar refractivity (Wildman–Crippen MR) is 86.7 cm³/mol. The molecular formula is C17H31N3O2. The Kier molecular flexibility index (Phi) is 5.24. The van der Waals surface area contributed by atoms with Crippen molar-refractivity contribution in [3.05, 3.63) is 0 Å². The van der Waals surface area contributed by atoms with Gasteiger partial charge < -0.3 is 15.3 Å². The summed E-state index contributed by atoms with van der Waals surface area (Å²) in [6.45, 7) is 3.00. The Morgan fingerprint density at radius 2 is 1.91 bits per heavy atom. The quantitative estimate of drug-likeness (QED) is 0.836. The molecule has 1 saturated carbocycles. The van der Waals surface area contributed by atoms with E-state index in [0.29, 0.717) is 18.6 Å². The molecule has 3 aliphatic rings. The minimum atomic E-state index is -0.232. The molecule has 3 fully saturated rings. The smallest absolute Gasteiger partial charge is 0.317 e. The zero-order valence-corrected chi connectivity index (χ0v) is 13.8. The lowest BCUT2D eigenvalue weighted by Gasteiger charge is -2.34. The molecule has 3 rings (SSSR count). The number of aliphatic hydroxyl groups is 1. The topological polar surface area (TPSA) is 55.8 Å². The molecule has 4 unspecified atom stereocenters. The van der Waals surface area contributed by atoms with Gasteiger partial charge in [0, 0.05) is 38.1 Å². The number of amides is 2. The highest BCUT2D eigenvalue weighted by Crippen LogP contribution is 2.28. The van der Waals surface area contributed by atoms with Crippen molar-refractivity contribution in [2.75, 3.05) is 26.7 Å². The van der Waals surface area contributed by atoms with Gasteiger partial charge in [-0.1, -0.05) is 19.3 Å². The minimum Gasteiger partial charge on any atom is -0.393 e. The van der Waals surface area contributed by atoms with Crippen molar-refractivity contribution in [1.29, 1.82) is 0 Å². The average molecular weight is 309 g/mol. The maximum absolute atomic E-state index is 12.5. The Bertz CT molecular complexity index is 390. The molecule has 22 heavy (non-hydrogen) atoms. The summed E-state index contributed by atoms with van der Waals surface area (Å²) in [6.07, 6.45) is 8.88. The highest BCUT2D eigenvalue weighted by atomic mass is 16.3. The molecule has 4 atom stereocenters. The maximum atomic E-state index is 12.5. The van der Waals surface area contributed by atoms with Crippen LogP contribution in [0.25, 0.3) is 0 Å². The second-order valence-electron chi connectivity index (χ2n) is 7.44. The van der Waals surface area contributed by atoms with Crippen LogP contribution in [0.2, 0.25) is 0 Å². The van der Waals surface area contributed by atoms with Crippen molar-refractivity contribution in [3.63, 3.8) is 0 Å². The number of rotatable bonds is 3. The number of urea groups is 1. The van der Waals surface area contributed by atoms with Crippen molar-refractivity contribution < 1.29 is 9.90 Å². The summed E-state index contributed by atoms with van der Waals surface area (Å²) >= 11 is 0. The van der Waals surface area contributed by atoms with Gasteiger partial charge in [0.1, 0.15) is 0 Å². The summed E-state index contributed by atoms with van der Waals surface area (Å²) < 4.78 is 0. The van der Waals surface area contributed by atoms with Gasteiger partial charge in [-0.05, 0) is 38.6 Å². The normalized spacial score (nSPS) is 35.9. The van der Waals surface area contributed by atoms with Crippen molar-refractivity contribution in [2.24, 2.45) is 5.92 Å². The van der Waals surface area contributed by atoms with E-state index in [1.165, 1.54) is 32.2 Å². The molecule has 0 aromatic carbocycles. The third kappa shape index (κ3) is 3.57. The number of aliphatic hydroxyl groups excluding tert-OH is 1. The fraction of sp³-hybridized carbons (Fsp3) is 0.941. The molecule has 1 aliphatic carbocycles. The van der Waals surface area contributed by atoms with Gasteiger partial charge in [0.2, 0.25) is 0 Å². The van der Waals surface area contributed by atoms with Crippen LogP contribution in [-0.2, 0) is 0 Å². The maximum Gasteiger partial charge on any atom is 0.317 e. The Morgan fingerprint density at radius 1 is 1.14 bits per heavy atom.